The Morgan fingerprint density at radius 3 is 1.27 bits per heavy atom. The molecule has 7 rings (SSSR count). The molecule has 262 valence electrons. The van der Waals surface area contributed by atoms with E-state index in [1.54, 1.807) is 11.1 Å². The molecule has 0 aliphatic heterocycles. The van der Waals surface area contributed by atoms with Crippen molar-refractivity contribution in [3.05, 3.63) is 131 Å². The van der Waals surface area contributed by atoms with Crippen molar-refractivity contribution in [2.24, 2.45) is 0 Å². The molecule has 0 saturated carbocycles. The minimum absolute atomic E-state index is 0.134. The molecule has 6 aromatic rings. The van der Waals surface area contributed by atoms with Crippen LogP contribution in [0.2, 0.25) is 0 Å². The molecule has 0 amide bonds. The maximum absolute atomic E-state index is 4.82. The van der Waals surface area contributed by atoms with Crippen LogP contribution in [-0.2, 0) is 18.3 Å². The monoisotopic (exact) mass is 674 g/mol. The Bertz CT molecular complexity index is 1920. The van der Waals surface area contributed by atoms with E-state index in [9.17, 15) is 0 Å². The van der Waals surface area contributed by atoms with Gasteiger partial charge in [0.1, 0.15) is 0 Å². The molecule has 0 unspecified atom stereocenters. The zero-order chi connectivity index (χ0) is 34.9. The number of hydrogen-bond acceptors (Lipinski definition) is 4. The molecule has 0 spiro atoms. The van der Waals surface area contributed by atoms with Gasteiger partial charge in [-0.3, -0.25) is 9.97 Å². The fourth-order valence-electron chi connectivity index (χ4n) is 8.52. The van der Waals surface area contributed by atoms with Crippen molar-refractivity contribution in [2.75, 3.05) is 0 Å². The summed E-state index contributed by atoms with van der Waals surface area (Å²) >= 11 is 0. The third-order valence-electron chi connectivity index (χ3n) is 11.2. The summed E-state index contributed by atoms with van der Waals surface area (Å²) in [5.41, 5.74) is 15.2. The van der Waals surface area contributed by atoms with Crippen LogP contribution in [-0.4, -0.2) is 19.9 Å². The molecule has 51 heavy (non-hydrogen) atoms. The summed E-state index contributed by atoms with van der Waals surface area (Å²) < 4.78 is 0. The number of aryl methyl sites for hydroxylation is 4. The highest BCUT2D eigenvalue weighted by Gasteiger charge is 2.42. The van der Waals surface area contributed by atoms with Gasteiger partial charge in [-0.25, -0.2) is 9.97 Å². The molecule has 0 radical (unpaired) electrons. The van der Waals surface area contributed by atoms with Gasteiger partial charge in [0, 0.05) is 17.8 Å². The summed E-state index contributed by atoms with van der Waals surface area (Å²) in [5, 5.41) is 0. The molecule has 0 bridgehead atoms. The van der Waals surface area contributed by atoms with Crippen LogP contribution in [0, 0.1) is 13.8 Å². The molecule has 1 aliphatic rings. The first-order valence-corrected chi connectivity index (χ1v) is 19.7. The number of nitrogens with zero attached hydrogens (tertiary/aromatic N) is 4. The normalized spacial score (nSPS) is 13.1. The Morgan fingerprint density at radius 1 is 0.431 bits per heavy atom. The number of unbranched alkanes of at least 4 members (excludes halogenated alkanes) is 10. The van der Waals surface area contributed by atoms with E-state index in [0.717, 1.165) is 46.3 Å². The SMILES string of the molecule is Cc1ccc2c(c1)-c1cc(C)ccc1C2(CCCCCCCCc1cnc2ccccc2n1)CCCCCCCCc1cnc2ccccc2n1. The Kier molecular flexibility index (Phi) is 11.5. The van der Waals surface area contributed by atoms with Crippen molar-refractivity contribution in [2.45, 2.75) is 122 Å². The zero-order valence-electron chi connectivity index (χ0n) is 30.8. The number of para-hydroxylation sites is 4. The molecule has 4 aromatic carbocycles. The Labute approximate surface area is 305 Å². The van der Waals surface area contributed by atoms with Gasteiger partial charge in [0.05, 0.1) is 33.5 Å². The number of rotatable bonds is 18. The van der Waals surface area contributed by atoms with Gasteiger partial charge in [0.25, 0.3) is 0 Å². The van der Waals surface area contributed by atoms with Crippen LogP contribution in [0.3, 0.4) is 0 Å². The molecule has 0 saturated heterocycles. The second-order valence-corrected chi connectivity index (χ2v) is 15.1. The van der Waals surface area contributed by atoms with Crippen LogP contribution in [0.15, 0.2) is 97.3 Å². The Hall–Kier alpha value is -4.44. The molecule has 2 aromatic heterocycles. The third-order valence-corrected chi connectivity index (χ3v) is 11.2. The first-order chi connectivity index (χ1) is 25.1. The summed E-state index contributed by atoms with van der Waals surface area (Å²) in [6.07, 6.45) is 23.8. The first-order valence-electron chi connectivity index (χ1n) is 19.7. The van der Waals surface area contributed by atoms with Crippen molar-refractivity contribution in [3.8, 4) is 11.1 Å². The summed E-state index contributed by atoms with van der Waals surface area (Å²) in [6, 6.07) is 30.9. The number of fused-ring (bicyclic) bond motifs is 5. The summed E-state index contributed by atoms with van der Waals surface area (Å²) in [7, 11) is 0. The fraction of sp³-hybridized carbons (Fsp3) is 0.404. The minimum Gasteiger partial charge on any atom is -0.253 e. The van der Waals surface area contributed by atoms with Gasteiger partial charge in [0.2, 0.25) is 0 Å². The standard InChI is InChI=1S/C47H54N4/c1-35-25-27-41-39(31-35)40-32-36(2)26-28-42(40)47(41,29-17-9-5-3-7-11-19-37-33-48-43-21-13-15-23-45(43)50-37)30-18-10-6-4-8-12-20-38-34-49-44-22-14-16-24-46(44)51-38/h13-16,21-28,31-34H,3-12,17-20,29-30H2,1-2H3. The lowest BCUT2D eigenvalue weighted by molar-refractivity contribution is 0.397. The molecule has 0 fully saturated rings. The van der Waals surface area contributed by atoms with E-state index < -0.39 is 0 Å². The number of hydrogen-bond donors (Lipinski definition) is 0. The largest absolute Gasteiger partial charge is 0.253 e. The molecule has 0 atom stereocenters. The van der Waals surface area contributed by atoms with Crippen LogP contribution in [0.4, 0.5) is 0 Å². The molecule has 0 N–H and O–H groups in total. The lowest BCUT2D eigenvalue weighted by atomic mass is 9.70. The summed E-state index contributed by atoms with van der Waals surface area (Å²) in [5.74, 6) is 0. The van der Waals surface area contributed by atoms with E-state index in [1.165, 1.54) is 112 Å². The molecule has 1 aliphatic carbocycles. The van der Waals surface area contributed by atoms with E-state index in [0.29, 0.717) is 0 Å². The Morgan fingerprint density at radius 2 is 0.824 bits per heavy atom. The highest BCUT2D eigenvalue weighted by Crippen LogP contribution is 2.54. The van der Waals surface area contributed by atoms with Crippen molar-refractivity contribution in [1.82, 2.24) is 19.9 Å². The lowest BCUT2D eigenvalue weighted by Crippen LogP contribution is -2.25. The second-order valence-electron chi connectivity index (χ2n) is 15.1. The average Bonchev–Trinajstić information content (AvgIpc) is 3.41. The summed E-state index contributed by atoms with van der Waals surface area (Å²) in [4.78, 5) is 18.8. The van der Waals surface area contributed by atoms with E-state index in [4.69, 9.17) is 9.97 Å². The van der Waals surface area contributed by atoms with Gasteiger partial charge in [-0.2, -0.15) is 0 Å². The third kappa shape index (κ3) is 8.38. The molecule has 4 nitrogen and oxygen atoms in total. The van der Waals surface area contributed by atoms with Crippen LogP contribution in [0.5, 0.6) is 0 Å². The van der Waals surface area contributed by atoms with Gasteiger partial charge < -0.3 is 0 Å². The molecule has 2 heterocycles. The van der Waals surface area contributed by atoms with Crippen molar-refractivity contribution in [1.29, 1.82) is 0 Å². The molecular weight excluding hydrogens is 621 g/mol. The van der Waals surface area contributed by atoms with E-state index in [-0.39, 0.29) is 5.41 Å². The van der Waals surface area contributed by atoms with Gasteiger partial charge in [-0.1, -0.05) is 136 Å². The van der Waals surface area contributed by atoms with E-state index >= 15 is 0 Å². The highest BCUT2D eigenvalue weighted by molar-refractivity contribution is 5.82. The molecule has 4 heteroatoms. The van der Waals surface area contributed by atoms with Crippen molar-refractivity contribution in [3.63, 3.8) is 0 Å². The van der Waals surface area contributed by atoms with Crippen LogP contribution in [0.25, 0.3) is 33.2 Å². The van der Waals surface area contributed by atoms with Crippen LogP contribution >= 0.6 is 0 Å². The minimum atomic E-state index is 0.134. The van der Waals surface area contributed by atoms with Crippen LogP contribution < -0.4 is 0 Å². The van der Waals surface area contributed by atoms with E-state index in [1.807, 2.05) is 48.8 Å². The highest BCUT2D eigenvalue weighted by atomic mass is 14.8. The number of aromatic nitrogens is 4. The fourth-order valence-corrected chi connectivity index (χ4v) is 8.52. The van der Waals surface area contributed by atoms with E-state index in [2.05, 4.69) is 72.3 Å². The predicted octanol–water partition coefficient (Wildman–Crippen LogP) is 12.4. The average molecular weight is 675 g/mol. The van der Waals surface area contributed by atoms with Gasteiger partial charge in [-0.05, 0) is 98.9 Å². The van der Waals surface area contributed by atoms with Crippen LogP contribution in [0.1, 0.15) is 124 Å². The smallest absolute Gasteiger partial charge is 0.0890 e. The maximum atomic E-state index is 4.82. The topological polar surface area (TPSA) is 51.6 Å². The van der Waals surface area contributed by atoms with Gasteiger partial charge in [-0.15, -0.1) is 0 Å². The van der Waals surface area contributed by atoms with Gasteiger partial charge in [0.15, 0.2) is 0 Å². The zero-order valence-corrected chi connectivity index (χ0v) is 30.8. The quantitative estimate of drug-likeness (QED) is 0.0852. The predicted molar refractivity (Wildman–Crippen MR) is 213 cm³/mol. The lowest BCUT2D eigenvalue weighted by Gasteiger charge is -2.33. The molecular formula is C47H54N4. The Balaban J connectivity index is 0.902. The second kappa shape index (κ2) is 16.7. The summed E-state index contributed by atoms with van der Waals surface area (Å²) in [6.45, 7) is 4.49. The maximum Gasteiger partial charge on any atom is 0.0890 e. The van der Waals surface area contributed by atoms with Crippen molar-refractivity contribution < 1.29 is 0 Å². The van der Waals surface area contributed by atoms with Gasteiger partial charge >= 0.3 is 0 Å². The number of benzene rings is 4. The first kappa shape index (κ1) is 35.0. The van der Waals surface area contributed by atoms with Crippen molar-refractivity contribution >= 4 is 22.1 Å².